The number of carbonyl (C=O) groups is 1. The average Bonchev–Trinajstić information content (AvgIpc) is 3.01. The van der Waals surface area contributed by atoms with Crippen molar-refractivity contribution in [3.63, 3.8) is 0 Å². The Morgan fingerprint density at radius 2 is 2.37 bits per heavy atom. The van der Waals surface area contributed by atoms with Gasteiger partial charge in [-0.1, -0.05) is 0 Å². The number of pyridine rings is 1. The van der Waals surface area contributed by atoms with Gasteiger partial charge in [-0.25, -0.2) is 4.98 Å². The first-order valence-electron chi connectivity index (χ1n) is 5.62. The van der Waals surface area contributed by atoms with Crippen LogP contribution in [0.4, 0.5) is 5.69 Å². The number of amides is 1. The third-order valence-electron chi connectivity index (χ3n) is 2.51. The maximum Gasteiger partial charge on any atom is 0.248 e. The lowest BCUT2D eigenvalue weighted by Gasteiger charge is -1.99. The number of aromatic nitrogens is 3. The Bertz CT molecular complexity index is 729. The van der Waals surface area contributed by atoms with Crippen LogP contribution in [0.3, 0.4) is 0 Å². The first-order valence-corrected chi connectivity index (χ1v) is 6.50. The van der Waals surface area contributed by atoms with Gasteiger partial charge in [0, 0.05) is 23.8 Å². The van der Waals surface area contributed by atoms with E-state index >= 15 is 0 Å². The Labute approximate surface area is 113 Å². The van der Waals surface area contributed by atoms with Crippen molar-refractivity contribution in [1.82, 2.24) is 14.4 Å². The molecular formula is C13H10N4OS. The molecule has 0 aliphatic heterocycles. The minimum atomic E-state index is -0.196. The van der Waals surface area contributed by atoms with E-state index in [1.165, 1.54) is 6.08 Å². The summed E-state index contributed by atoms with van der Waals surface area (Å²) in [5, 5.41) is 4.68. The van der Waals surface area contributed by atoms with Gasteiger partial charge < -0.3 is 5.32 Å². The number of nitrogens with one attached hydrogen (secondary N) is 1. The molecule has 94 valence electrons. The maximum absolute atomic E-state index is 11.7. The molecule has 0 unspecified atom stereocenters. The summed E-state index contributed by atoms with van der Waals surface area (Å²) in [6.45, 7) is 0. The molecule has 0 aliphatic carbocycles. The zero-order chi connectivity index (χ0) is 13.1. The second-order valence-corrected chi connectivity index (χ2v) is 4.68. The predicted octanol–water partition coefficient (Wildman–Crippen LogP) is 2.44. The van der Waals surface area contributed by atoms with Crippen molar-refractivity contribution in [2.45, 2.75) is 0 Å². The first kappa shape index (κ1) is 11.6. The Hall–Kier alpha value is -2.47. The molecule has 1 amide bonds. The molecule has 3 rings (SSSR count). The molecule has 19 heavy (non-hydrogen) atoms. The normalized spacial score (nSPS) is 11.2. The Balaban J connectivity index is 1.73. The summed E-state index contributed by atoms with van der Waals surface area (Å²) in [6.07, 6.45) is 10.1. The first-order chi connectivity index (χ1) is 9.33. The fourth-order valence-corrected chi connectivity index (χ4v) is 2.35. The molecule has 0 bridgehead atoms. The third kappa shape index (κ3) is 2.53. The standard InChI is InChI=1S/C13H10N4OS/c18-12(16-10-2-1-5-14-8-10)4-3-11-9-15-13-17(11)6-7-19-13/h1-9H,(H,16,18)/b4-3+. The third-order valence-corrected chi connectivity index (χ3v) is 3.28. The Morgan fingerprint density at radius 1 is 1.42 bits per heavy atom. The zero-order valence-electron chi connectivity index (χ0n) is 9.85. The van der Waals surface area contributed by atoms with Crippen LogP contribution in [0.15, 0.2) is 48.4 Å². The van der Waals surface area contributed by atoms with E-state index in [2.05, 4.69) is 15.3 Å². The monoisotopic (exact) mass is 270 g/mol. The van der Waals surface area contributed by atoms with Crippen molar-refractivity contribution in [2.24, 2.45) is 0 Å². The van der Waals surface area contributed by atoms with Crippen LogP contribution in [0, 0.1) is 0 Å². The summed E-state index contributed by atoms with van der Waals surface area (Å²) in [4.78, 5) is 20.8. The second kappa shape index (κ2) is 5.03. The van der Waals surface area contributed by atoms with Crippen LogP contribution in [0.25, 0.3) is 11.0 Å². The number of anilines is 1. The molecule has 0 atom stereocenters. The van der Waals surface area contributed by atoms with Crippen LogP contribution in [0.5, 0.6) is 0 Å². The molecule has 6 heteroatoms. The summed E-state index contributed by atoms with van der Waals surface area (Å²) in [6, 6.07) is 3.56. The second-order valence-electron chi connectivity index (χ2n) is 3.80. The molecular weight excluding hydrogens is 260 g/mol. The Morgan fingerprint density at radius 3 is 3.21 bits per heavy atom. The van der Waals surface area contributed by atoms with Gasteiger partial charge in [-0.2, -0.15) is 0 Å². The van der Waals surface area contributed by atoms with Gasteiger partial charge in [0.25, 0.3) is 0 Å². The fourth-order valence-electron chi connectivity index (χ4n) is 1.65. The molecule has 0 radical (unpaired) electrons. The van der Waals surface area contributed by atoms with Crippen LogP contribution in [-0.4, -0.2) is 20.3 Å². The van der Waals surface area contributed by atoms with E-state index in [0.717, 1.165) is 10.7 Å². The van der Waals surface area contributed by atoms with Gasteiger partial charge in [-0.15, -0.1) is 11.3 Å². The number of carbonyl (C=O) groups excluding carboxylic acids is 1. The van der Waals surface area contributed by atoms with E-state index in [1.807, 2.05) is 16.0 Å². The van der Waals surface area contributed by atoms with Gasteiger partial charge in [0.2, 0.25) is 5.91 Å². The number of hydrogen-bond donors (Lipinski definition) is 1. The van der Waals surface area contributed by atoms with Crippen molar-refractivity contribution in [3.8, 4) is 0 Å². The number of rotatable bonds is 3. The molecule has 0 aliphatic rings. The number of thiazole rings is 1. The van der Waals surface area contributed by atoms with Crippen LogP contribution in [0.1, 0.15) is 5.69 Å². The quantitative estimate of drug-likeness (QED) is 0.744. The summed E-state index contributed by atoms with van der Waals surface area (Å²) < 4.78 is 1.93. The van der Waals surface area contributed by atoms with E-state index < -0.39 is 0 Å². The van der Waals surface area contributed by atoms with Crippen molar-refractivity contribution < 1.29 is 4.79 Å². The number of fused-ring (bicyclic) bond motifs is 1. The lowest BCUT2D eigenvalue weighted by molar-refractivity contribution is -0.111. The molecule has 3 heterocycles. The molecule has 0 aromatic carbocycles. The van der Waals surface area contributed by atoms with E-state index in [1.54, 1.807) is 48.1 Å². The van der Waals surface area contributed by atoms with Crippen molar-refractivity contribution in [2.75, 3.05) is 5.32 Å². The number of hydrogen-bond acceptors (Lipinski definition) is 4. The number of nitrogens with zero attached hydrogens (tertiary/aromatic N) is 3. The van der Waals surface area contributed by atoms with E-state index in [4.69, 9.17) is 0 Å². The highest BCUT2D eigenvalue weighted by Crippen LogP contribution is 2.13. The smallest absolute Gasteiger partial charge is 0.248 e. The topological polar surface area (TPSA) is 59.3 Å². The van der Waals surface area contributed by atoms with Crippen molar-refractivity contribution >= 4 is 34.0 Å². The molecule has 5 nitrogen and oxygen atoms in total. The van der Waals surface area contributed by atoms with E-state index in [9.17, 15) is 4.79 Å². The molecule has 0 saturated carbocycles. The Kier molecular flexibility index (Phi) is 3.07. The van der Waals surface area contributed by atoms with Crippen molar-refractivity contribution in [1.29, 1.82) is 0 Å². The minimum Gasteiger partial charge on any atom is -0.321 e. The van der Waals surface area contributed by atoms with Crippen LogP contribution in [0.2, 0.25) is 0 Å². The minimum absolute atomic E-state index is 0.196. The largest absolute Gasteiger partial charge is 0.321 e. The predicted molar refractivity (Wildman–Crippen MR) is 75.0 cm³/mol. The zero-order valence-corrected chi connectivity index (χ0v) is 10.7. The molecule has 0 fully saturated rings. The lowest BCUT2D eigenvalue weighted by Crippen LogP contribution is -2.07. The molecule has 3 aromatic rings. The molecule has 0 saturated heterocycles. The van der Waals surface area contributed by atoms with Gasteiger partial charge in [-0.3, -0.25) is 14.2 Å². The van der Waals surface area contributed by atoms with Gasteiger partial charge in [0.05, 0.1) is 23.8 Å². The maximum atomic E-state index is 11.7. The van der Waals surface area contributed by atoms with Crippen LogP contribution >= 0.6 is 11.3 Å². The van der Waals surface area contributed by atoms with E-state index in [0.29, 0.717) is 5.69 Å². The fraction of sp³-hybridized carbons (Fsp3) is 0. The average molecular weight is 270 g/mol. The highest BCUT2D eigenvalue weighted by Gasteiger charge is 2.01. The van der Waals surface area contributed by atoms with Gasteiger partial charge in [0.15, 0.2) is 4.96 Å². The summed E-state index contributed by atoms with van der Waals surface area (Å²) in [5.74, 6) is -0.196. The van der Waals surface area contributed by atoms with Gasteiger partial charge in [-0.05, 0) is 18.2 Å². The molecule has 0 spiro atoms. The lowest BCUT2D eigenvalue weighted by atomic mass is 10.3. The van der Waals surface area contributed by atoms with E-state index in [-0.39, 0.29) is 5.91 Å². The summed E-state index contributed by atoms with van der Waals surface area (Å²) >= 11 is 1.55. The summed E-state index contributed by atoms with van der Waals surface area (Å²) in [5.41, 5.74) is 1.55. The molecule has 3 aromatic heterocycles. The highest BCUT2D eigenvalue weighted by molar-refractivity contribution is 7.15. The van der Waals surface area contributed by atoms with Gasteiger partial charge in [0.1, 0.15) is 0 Å². The van der Waals surface area contributed by atoms with Crippen molar-refractivity contribution in [3.05, 3.63) is 54.1 Å². The number of imidazole rings is 1. The SMILES string of the molecule is O=C(/C=C/c1cnc2sccn12)Nc1cccnc1. The van der Waals surface area contributed by atoms with Crippen LogP contribution in [-0.2, 0) is 4.79 Å². The highest BCUT2D eigenvalue weighted by atomic mass is 32.1. The summed E-state index contributed by atoms with van der Waals surface area (Å²) in [7, 11) is 0. The molecule has 1 N–H and O–H groups in total. The van der Waals surface area contributed by atoms with Crippen LogP contribution < -0.4 is 5.32 Å². The van der Waals surface area contributed by atoms with Gasteiger partial charge >= 0.3 is 0 Å².